The Morgan fingerprint density at radius 3 is 1.47 bits per heavy atom. The first-order chi connectivity index (χ1) is 25.1. The largest absolute Gasteiger partial charge is 0.278 e. The van der Waals surface area contributed by atoms with Gasteiger partial charge in [0, 0.05) is 33.0 Å². The normalized spacial score (nSPS) is 10.7. The number of hydrogen-bond donors (Lipinski definition) is 0. The maximum atomic E-state index is 10.2. The fraction of sp³-hybridized carbons (Fsp3) is 0. The lowest BCUT2D eigenvalue weighted by atomic mass is 9.90. The molecule has 0 fully saturated rings. The van der Waals surface area contributed by atoms with Crippen molar-refractivity contribution < 1.29 is 0 Å². The number of hydrogen-bond acceptors (Lipinski definition) is 7. The van der Waals surface area contributed by atoms with E-state index in [1.807, 2.05) is 102 Å². The van der Waals surface area contributed by atoms with E-state index in [0.717, 1.165) is 32.9 Å². The molecule has 2 heterocycles. The van der Waals surface area contributed by atoms with Crippen LogP contribution in [0.25, 0.3) is 72.8 Å². The predicted octanol–water partition coefficient (Wildman–Crippen LogP) is 9.12. The molecule has 8 aromatic rings. The fourth-order valence-electron chi connectivity index (χ4n) is 6.63. The Bertz CT molecular complexity index is 2720. The molecular weight excluding hydrogens is 629 g/mol. The van der Waals surface area contributed by atoms with Crippen LogP contribution < -0.4 is 0 Å². The minimum Gasteiger partial charge on any atom is -0.278 e. The Morgan fingerprint density at radius 2 is 0.941 bits per heavy atom. The molecule has 0 saturated carbocycles. The summed E-state index contributed by atoms with van der Waals surface area (Å²) in [5, 5.41) is 42.0. The van der Waals surface area contributed by atoms with Crippen molar-refractivity contribution in [3.05, 3.63) is 156 Å². The highest BCUT2D eigenvalue weighted by Crippen LogP contribution is 2.42. The summed E-state index contributed by atoms with van der Waals surface area (Å²) >= 11 is 0. The highest BCUT2D eigenvalue weighted by molar-refractivity contribution is 6.17. The van der Waals surface area contributed by atoms with Crippen LogP contribution in [0.3, 0.4) is 0 Å². The molecule has 0 atom stereocenters. The first-order valence-corrected chi connectivity index (χ1v) is 15.9. The molecule has 0 N–H and O–H groups in total. The molecule has 8 heteroatoms. The number of nitrogens with zero attached hydrogens (tertiary/aromatic N) is 8. The molecule has 0 amide bonds. The van der Waals surface area contributed by atoms with E-state index in [1.54, 1.807) is 36.4 Å². The monoisotopic (exact) mass is 650 g/mol. The van der Waals surface area contributed by atoms with Crippen LogP contribution in [0.15, 0.2) is 133 Å². The summed E-state index contributed by atoms with van der Waals surface area (Å²) in [6, 6.07) is 50.1. The van der Waals surface area contributed by atoms with E-state index in [-0.39, 0.29) is 0 Å². The third-order valence-electron chi connectivity index (χ3n) is 8.85. The van der Waals surface area contributed by atoms with E-state index < -0.39 is 0 Å². The van der Waals surface area contributed by atoms with Crippen LogP contribution in [0, 0.1) is 45.3 Å². The molecule has 0 aliphatic heterocycles. The minimum atomic E-state index is 0.359. The van der Waals surface area contributed by atoms with Crippen molar-refractivity contribution in [3.8, 4) is 75.3 Å². The molecular formula is C43H22N8. The highest BCUT2D eigenvalue weighted by Gasteiger charge is 2.23. The van der Waals surface area contributed by atoms with E-state index in [1.165, 1.54) is 0 Å². The van der Waals surface area contributed by atoms with Gasteiger partial charge in [-0.2, -0.15) is 31.0 Å². The highest BCUT2D eigenvalue weighted by atomic mass is 15.2. The Morgan fingerprint density at radius 1 is 0.431 bits per heavy atom. The Hall–Kier alpha value is -7.91. The van der Waals surface area contributed by atoms with Crippen LogP contribution in [-0.4, -0.2) is 19.5 Å². The van der Waals surface area contributed by atoms with Crippen molar-refractivity contribution in [2.45, 2.75) is 0 Å². The van der Waals surface area contributed by atoms with Gasteiger partial charge in [0.15, 0.2) is 11.6 Å². The zero-order valence-corrected chi connectivity index (χ0v) is 26.8. The summed E-state index contributed by atoms with van der Waals surface area (Å²) in [6.45, 7) is 0. The Kier molecular flexibility index (Phi) is 7.52. The standard InChI is InChI=1S/C43H22N8/c44-23-30-14-7-15-31(24-45)38(30)29-20-21-36-35(22-29)40-34(39-32(25-46)16-8-17-33(39)26-47)18-9-19-37(40)51(36)43-49-41(27-10-3-1-4-11-27)48-42(50-43)28-12-5-2-6-13-28/h1-22H. The van der Waals surface area contributed by atoms with Crippen molar-refractivity contribution in [2.24, 2.45) is 0 Å². The average Bonchev–Trinajstić information content (AvgIpc) is 3.54. The molecule has 234 valence electrons. The van der Waals surface area contributed by atoms with Gasteiger partial charge in [0.25, 0.3) is 0 Å². The van der Waals surface area contributed by atoms with Crippen LogP contribution in [0.2, 0.25) is 0 Å². The van der Waals surface area contributed by atoms with Gasteiger partial charge in [-0.1, -0.05) is 91.0 Å². The van der Waals surface area contributed by atoms with Crippen molar-refractivity contribution in [1.82, 2.24) is 19.5 Å². The van der Waals surface area contributed by atoms with E-state index >= 15 is 0 Å². The molecule has 0 spiro atoms. The third kappa shape index (κ3) is 5.11. The SMILES string of the molecule is N#Cc1cccc(C#N)c1-c1ccc2c(c1)c1c(-c3c(C#N)cccc3C#N)cccc1n2-c1nc(-c2ccccc2)nc(-c2ccccc2)n1. The third-order valence-corrected chi connectivity index (χ3v) is 8.85. The number of benzene rings is 6. The van der Waals surface area contributed by atoms with Crippen LogP contribution in [-0.2, 0) is 0 Å². The maximum Gasteiger partial charge on any atom is 0.238 e. The van der Waals surface area contributed by atoms with E-state index in [2.05, 4.69) is 24.3 Å². The predicted molar refractivity (Wildman–Crippen MR) is 195 cm³/mol. The minimum absolute atomic E-state index is 0.359. The van der Waals surface area contributed by atoms with Gasteiger partial charge >= 0.3 is 0 Å². The van der Waals surface area contributed by atoms with E-state index in [4.69, 9.17) is 15.0 Å². The van der Waals surface area contributed by atoms with Crippen molar-refractivity contribution in [1.29, 1.82) is 21.0 Å². The fourth-order valence-corrected chi connectivity index (χ4v) is 6.63. The lowest BCUT2D eigenvalue weighted by Crippen LogP contribution is -2.06. The van der Waals surface area contributed by atoms with Crippen LogP contribution >= 0.6 is 0 Å². The first kappa shape index (κ1) is 30.4. The molecule has 0 unspecified atom stereocenters. The van der Waals surface area contributed by atoms with Gasteiger partial charge in [-0.25, -0.2) is 4.98 Å². The molecule has 0 radical (unpaired) electrons. The average molecular weight is 651 g/mol. The molecule has 0 aliphatic rings. The number of fused-ring (bicyclic) bond motifs is 3. The summed E-state index contributed by atoms with van der Waals surface area (Å²) in [7, 11) is 0. The molecule has 0 bridgehead atoms. The summed E-state index contributed by atoms with van der Waals surface area (Å²) < 4.78 is 1.96. The summed E-state index contributed by atoms with van der Waals surface area (Å²) in [5.74, 6) is 1.35. The lowest BCUT2D eigenvalue weighted by molar-refractivity contribution is 0.953. The molecule has 0 saturated heterocycles. The number of nitriles is 4. The van der Waals surface area contributed by atoms with Gasteiger partial charge in [-0.05, 0) is 53.6 Å². The lowest BCUT2D eigenvalue weighted by Gasteiger charge is -2.12. The molecule has 6 aromatic carbocycles. The summed E-state index contributed by atoms with van der Waals surface area (Å²) in [6.07, 6.45) is 0. The van der Waals surface area contributed by atoms with Crippen LogP contribution in [0.1, 0.15) is 22.3 Å². The van der Waals surface area contributed by atoms with Gasteiger partial charge in [0.1, 0.15) is 0 Å². The van der Waals surface area contributed by atoms with Gasteiger partial charge < -0.3 is 0 Å². The first-order valence-electron chi connectivity index (χ1n) is 15.9. The second kappa shape index (κ2) is 12.6. The van der Waals surface area contributed by atoms with Gasteiger partial charge in [-0.15, -0.1) is 0 Å². The molecule has 0 aliphatic carbocycles. The second-order valence-corrected chi connectivity index (χ2v) is 11.7. The van der Waals surface area contributed by atoms with E-state index in [0.29, 0.717) is 62.1 Å². The maximum absolute atomic E-state index is 10.2. The Balaban J connectivity index is 1.52. The quantitative estimate of drug-likeness (QED) is 0.181. The number of rotatable bonds is 5. The second-order valence-electron chi connectivity index (χ2n) is 11.7. The van der Waals surface area contributed by atoms with Crippen molar-refractivity contribution in [2.75, 3.05) is 0 Å². The van der Waals surface area contributed by atoms with Crippen molar-refractivity contribution >= 4 is 21.8 Å². The Labute approximate surface area is 292 Å². The summed E-state index contributed by atoms with van der Waals surface area (Å²) in [5.41, 5.74) is 6.96. The summed E-state index contributed by atoms with van der Waals surface area (Å²) in [4.78, 5) is 14.9. The number of aromatic nitrogens is 4. The zero-order chi connectivity index (χ0) is 34.9. The molecule has 2 aromatic heterocycles. The van der Waals surface area contributed by atoms with Crippen molar-refractivity contribution in [3.63, 3.8) is 0 Å². The van der Waals surface area contributed by atoms with Gasteiger partial charge in [-0.3, -0.25) is 4.57 Å². The van der Waals surface area contributed by atoms with Gasteiger partial charge in [0.2, 0.25) is 5.95 Å². The van der Waals surface area contributed by atoms with Crippen LogP contribution in [0.5, 0.6) is 0 Å². The molecule has 8 rings (SSSR count). The smallest absolute Gasteiger partial charge is 0.238 e. The molecule has 8 nitrogen and oxygen atoms in total. The van der Waals surface area contributed by atoms with E-state index in [9.17, 15) is 21.0 Å². The molecule has 51 heavy (non-hydrogen) atoms. The topological polar surface area (TPSA) is 139 Å². The van der Waals surface area contributed by atoms with Crippen LogP contribution in [0.4, 0.5) is 0 Å². The zero-order valence-electron chi connectivity index (χ0n) is 26.8. The van der Waals surface area contributed by atoms with Gasteiger partial charge in [0.05, 0.1) is 57.6 Å².